The van der Waals surface area contributed by atoms with Gasteiger partial charge in [-0.1, -0.05) is 42.5 Å². The van der Waals surface area contributed by atoms with Crippen LogP contribution >= 0.6 is 0 Å². The Morgan fingerprint density at radius 3 is 2.75 bits per heavy atom. The second-order valence-corrected chi connectivity index (χ2v) is 4.29. The van der Waals surface area contributed by atoms with Gasteiger partial charge in [0.25, 0.3) is 0 Å². The molecule has 2 heteroatoms. The number of aliphatic hydroxyl groups excluding tert-OH is 1. The summed E-state index contributed by atoms with van der Waals surface area (Å²) in [6.45, 7) is 0.219. The zero-order chi connectivity index (χ0) is 11.2. The Morgan fingerprint density at radius 1 is 1.19 bits per heavy atom. The van der Waals surface area contributed by atoms with Crippen LogP contribution in [0.25, 0.3) is 0 Å². The average Bonchev–Trinajstić information content (AvgIpc) is 2.30. The summed E-state index contributed by atoms with van der Waals surface area (Å²) in [4.78, 5) is 0. The molecule has 0 unspecified atom stereocenters. The molecule has 1 aliphatic heterocycles. The Hall–Kier alpha value is -1.12. The highest BCUT2D eigenvalue weighted by Gasteiger charge is 2.16. The molecule has 0 bridgehead atoms. The summed E-state index contributed by atoms with van der Waals surface area (Å²) < 4.78 is 0. The van der Waals surface area contributed by atoms with Gasteiger partial charge in [-0.05, 0) is 24.8 Å². The molecule has 1 aliphatic rings. The zero-order valence-corrected chi connectivity index (χ0v) is 9.47. The van der Waals surface area contributed by atoms with E-state index in [4.69, 9.17) is 0 Å². The summed E-state index contributed by atoms with van der Waals surface area (Å²) in [6, 6.07) is 11.0. The van der Waals surface area contributed by atoms with Crippen molar-refractivity contribution in [1.82, 2.24) is 5.32 Å². The van der Waals surface area contributed by atoms with Gasteiger partial charge in [-0.15, -0.1) is 0 Å². The van der Waals surface area contributed by atoms with E-state index in [0.717, 1.165) is 19.3 Å². The summed E-state index contributed by atoms with van der Waals surface area (Å²) in [7, 11) is 0. The Balaban J connectivity index is 2.12. The van der Waals surface area contributed by atoms with Crippen LogP contribution in [0.2, 0.25) is 0 Å². The number of hydrogen-bond acceptors (Lipinski definition) is 2. The Kier molecular flexibility index (Phi) is 4.14. The minimum absolute atomic E-state index is 0.218. The molecule has 0 amide bonds. The molecule has 2 rings (SSSR count). The highest BCUT2D eigenvalue weighted by atomic mass is 16.3. The third-order valence-electron chi connectivity index (χ3n) is 3.08. The van der Waals surface area contributed by atoms with Gasteiger partial charge in [-0.3, -0.25) is 0 Å². The van der Waals surface area contributed by atoms with Crippen LogP contribution in [0, 0.1) is 0 Å². The van der Waals surface area contributed by atoms with E-state index in [1.807, 2.05) is 6.07 Å². The SMILES string of the molecule is OC[C@@H]1CC/C=C\C[C@H](c2ccccc2)N1. The van der Waals surface area contributed by atoms with Gasteiger partial charge in [0.15, 0.2) is 0 Å². The van der Waals surface area contributed by atoms with Crippen molar-refractivity contribution in [3.05, 3.63) is 48.0 Å². The molecule has 0 radical (unpaired) electrons. The molecule has 2 nitrogen and oxygen atoms in total. The van der Waals surface area contributed by atoms with Gasteiger partial charge in [0.2, 0.25) is 0 Å². The first-order valence-corrected chi connectivity index (χ1v) is 5.97. The fourth-order valence-electron chi connectivity index (χ4n) is 2.15. The van der Waals surface area contributed by atoms with Crippen molar-refractivity contribution in [2.45, 2.75) is 31.3 Å². The van der Waals surface area contributed by atoms with Gasteiger partial charge in [0.05, 0.1) is 6.61 Å². The Labute approximate surface area is 97.0 Å². The summed E-state index contributed by atoms with van der Waals surface area (Å²) >= 11 is 0. The molecule has 0 aromatic heterocycles. The highest BCUT2D eigenvalue weighted by molar-refractivity contribution is 5.20. The molecule has 2 atom stereocenters. The normalized spacial score (nSPS) is 28.1. The number of hydrogen-bond donors (Lipinski definition) is 2. The fourth-order valence-corrected chi connectivity index (χ4v) is 2.15. The molecule has 0 aliphatic carbocycles. The van der Waals surface area contributed by atoms with Gasteiger partial charge in [0, 0.05) is 12.1 Å². The lowest BCUT2D eigenvalue weighted by Gasteiger charge is -2.25. The molecular weight excluding hydrogens is 198 g/mol. The molecule has 1 heterocycles. The van der Waals surface area contributed by atoms with E-state index in [2.05, 4.69) is 41.7 Å². The minimum atomic E-state index is 0.218. The maximum Gasteiger partial charge on any atom is 0.0584 e. The molecule has 1 aromatic carbocycles. The molecular formula is C14H19NO. The predicted octanol–water partition coefficient (Wildman–Crippen LogP) is 2.42. The summed E-state index contributed by atoms with van der Waals surface area (Å²) in [5.41, 5.74) is 1.30. The van der Waals surface area contributed by atoms with E-state index in [1.165, 1.54) is 5.56 Å². The molecule has 16 heavy (non-hydrogen) atoms. The average molecular weight is 217 g/mol. The Morgan fingerprint density at radius 2 is 2.00 bits per heavy atom. The van der Waals surface area contributed by atoms with Gasteiger partial charge >= 0.3 is 0 Å². The number of aliphatic hydroxyl groups is 1. The van der Waals surface area contributed by atoms with Crippen molar-refractivity contribution in [2.24, 2.45) is 0 Å². The van der Waals surface area contributed by atoms with Crippen molar-refractivity contribution in [1.29, 1.82) is 0 Å². The van der Waals surface area contributed by atoms with Gasteiger partial charge in [-0.2, -0.15) is 0 Å². The van der Waals surface area contributed by atoms with E-state index >= 15 is 0 Å². The minimum Gasteiger partial charge on any atom is -0.395 e. The first kappa shape index (κ1) is 11.4. The van der Waals surface area contributed by atoms with E-state index in [1.54, 1.807) is 0 Å². The lowest BCUT2D eigenvalue weighted by atomic mass is 9.99. The van der Waals surface area contributed by atoms with Crippen LogP contribution in [0.5, 0.6) is 0 Å². The maximum absolute atomic E-state index is 9.29. The number of nitrogens with one attached hydrogen (secondary N) is 1. The molecule has 1 aromatic rings. The molecule has 0 saturated carbocycles. The standard InChI is InChI=1S/C14H19NO/c16-11-13-9-5-2-6-10-14(15-13)12-7-3-1-4-8-12/h1-4,6-8,13-16H,5,9-11H2/b6-2-/t13-,14+/m0/s1. The molecule has 86 valence electrons. The zero-order valence-electron chi connectivity index (χ0n) is 9.47. The van der Waals surface area contributed by atoms with Crippen LogP contribution in [0.4, 0.5) is 0 Å². The molecule has 0 spiro atoms. The van der Waals surface area contributed by atoms with Crippen molar-refractivity contribution in [2.75, 3.05) is 6.61 Å². The smallest absolute Gasteiger partial charge is 0.0584 e. The first-order chi connectivity index (χ1) is 7.90. The lowest BCUT2D eigenvalue weighted by molar-refractivity contribution is 0.223. The largest absolute Gasteiger partial charge is 0.395 e. The summed E-state index contributed by atoms with van der Waals surface area (Å²) in [5.74, 6) is 0. The maximum atomic E-state index is 9.29. The summed E-state index contributed by atoms with van der Waals surface area (Å²) in [5, 5.41) is 12.8. The van der Waals surface area contributed by atoms with E-state index in [-0.39, 0.29) is 12.6 Å². The second-order valence-electron chi connectivity index (χ2n) is 4.29. The van der Waals surface area contributed by atoms with Crippen LogP contribution in [0.15, 0.2) is 42.5 Å². The Bertz CT molecular complexity index is 334. The van der Waals surface area contributed by atoms with Crippen LogP contribution in [-0.4, -0.2) is 17.8 Å². The quantitative estimate of drug-likeness (QED) is 0.746. The van der Waals surface area contributed by atoms with Gasteiger partial charge in [0.1, 0.15) is 0 Å². The van der Waals surface area contributed by atoms with Crippen molar-refractivity contribution in [3.63, 3.8) is 0 Å². The van der Waals surface area contributed by atoms with Crippen LogP contribution in [-0.2, 0) is 0 Å². The first-order valence-electron chi connectivity index (χ1n) is 5.97. The third kappa shape index (κ3) is 2.94. The van der Waals surface area contributed by atoms with Crippen molar-refractivity contribution >= 4 is 0 Å². The van der Waals surface area contributed by atoms with Crippen molar-refractivity contribution < 1.29 is 5.11 Å². The van der Waals surface area contributed by atoms with Crippen LogP contribution in [0.1, 0.15) is 30.9 Å². The highest BCUT2D eigenvalue weighted by Crippen LogP contribution is 2.20. The van der Waals surface area contributed by atoms with E-state index in [0.29, 0.717) is 6.04 Å². The number of benzene rings is 1. The van der Waals surface area contributed by atoms with Gasteiger partial charge in [-0.25, -0.2) is 0 Å². The van der Waals surface area contributed by atoms with Gasteiger partial charge < -0.3 is 10.4 Å². The monoisotopic (exact) mass is 217 g/mol. The predicted molar refractivity (Wildman–Crippen MR) is 66.2 cm³/mol. The molecule has 0 saturated heterocycles. The van der Waals surface area contributed by atoms with E-state index in [9.17, 15) is 5.11 Å². The topological polar surface area (TPSA) is 32.3 Å². The second kappa shape index (κ2) is 5.83. The summed E-state index contributed by atoms with van der Waals surface area (Å²) in [6.07, 6.45) is 7.52. The third-order valence-corrected chi connectivity index (χ3v) is 3.08. The van der Waals surface area contributed by atoms with Crippen LogP contribution < -0.4 is 5.32 Å². The fraction of sp³-hybridized carbons (Fsp3) is 0.429. The lowest BCUT2D eigenvalue weighted by Crippen LogP contribution is -2.36. The molecule has 0 fully saturated rings. The molecule has 2 N–H and O–H groups in total. The number of rotatable bonds is 2. The number of allylic oxidation sites excluding steroid dienone is 1. The van der Waals surface area contributed by atoms with E-state index < -0.39 is 0 Å². The van der Waals surface area contributed by atoms with Crippen molar-refractivity contribution in [3.8, 4) is 0 Å². The van der Waals surface area contributed by atoms with Crippen LogP contribution in [0.3, 0.4) is 0 Å².